The molecule has 0 saturated carbocycles. The van der Waals surface area contributed by atoms with Crippen LogP contribution in [0.25, 0.3) is 0 Å². The molecular weight excluding hydrogens is 218 g/mol. The lowest BCUT2D eigenvalue weighted by Crippen LogP contribution is -2.28. The van der Waals surface area contributed by atoms with Gasteiger partial charge >= 0.3 is 0 Å². The minimum Gasteiger partial charge on any atom is -0.364 e. The van der Waals surface area contributed by atoms with Gasteiger partial charge in [-0.15, -0.1) is 4.91 Å². The van der Waals surface area contributed by atoms with Crippen molar-refractivity contribution in [3.05, 3.63) is 4.91 Å². The summed E-state index contributed by atoms with van der Waals surface area (Å²) in [5.74, 6) is -6.79. The van der Waals surface area contributed by atoms with Gasteiger partial charge in [0.1, 0.15) is 6.61 Å². The number of alkyl halides is 4. The summed E-state index contributed by atoms with van der Waals surface area (Å²) in [7, 11) is 0. The summed E-state index contributed by atoms with van der Waals surface area (Å²) in [5, 5.41) is 2.00. The van der Waals surface area contributed by atoms with Crippen molar-refractivity contribution >= 4 is 0 Å². The number of hydrogen-bond donors (Lipinski definition) is 0. The molecule has 7 heteroatoms. The third-order valence-electron chi connectivity index (χ3n) is 1.87. The van der Waals surface area contributed by atoms with E-state index in [2.05, 4.69) is 4.84 Å². The van der Waals surface area contributed by atoms with Crippen molar-refractivity contribution in [1.29, 1.82) is 0 Å². The van der Waals surface area contributed by atoms with Gasteiger partial charge in [0.05, 0.1) is 6.42 Å². The summed E-state index contributed by atoms with van der Waals surface area (Å²) in [6.07, 6.45) is -3.00. The van der Waals surface area contributed by atoms with Crippen LogP contribution in [0.5, 0.6) is 0 Å². The van der Waals surface area contributed by atoms with Gasteiger partial charge in [-0.3, -0.25) is 0 Å². The van der Waals surface area contributed by atoms with Crippen LogP contribution < -0.4 is 0 Å². The SMILES string of the molecule is CCC(F)(F)CC(F)(F)CCCON=O. The van der Waals surface area contributed by atoms with Crippen molar-refractivity contribution in [2.24, 2.45) is 5.34 Å². The van der Waals surface area contributed by atoms with Crippen molar-refractivity contribution < 1.29 is 22.4 Å². The van der Waals surface area contributed by atoms with Crippen LogP contribution in [0.2, 0.25) is 0 Å². The van der Waals surface area contributed by atoms with E-state index in [9.17, 15) is 22.5 Å². The van der Waals surface area contributed by atoms with Crippen LogP contribution in [0.1, 0.15) is 32.6 Å². The Morgan fingerprint density at radius 3 is 2.27 bits per heavy atom. The molecule has 0 atom stereocenters. The molecule has 0 aromatic carbocycles. The topological polar surface area (TPSA) is 38.7 Å². The normalized spacial score (nSPS) is 12.6. The first-order chi connectivity index (χ1) is 6.83. The van der Waals surface area contributed by atoms with Gasteiger partial charge in [-0.2, -0.15) is 0 Å². The molecule has 0 N–H and O–H groups in total. The van der Waals surface area contributed by atoms with Crippen molar-refractivity contribution in [1.82, 2.24) is 0 Å². The molecule has 0 unspecified atom stereocenters. The van der Waals surface area contributed by atoms with Crippen LogP contribution in [0.4, 0.5) is 17.6 Å². The Balaban J connectivity index is 3.90. The number of halogens is 4. The molecule has 0 fully saturated rings. The summed E-state index contributed by atoms with van der Waals surface area (Å²) < 4.78 is 51.1. The second-order valence-electron chi connectivity index (χ2n) is 3.25. The van der Waals surface area contributed by atoms with Gasteiger partial charge < -0.3 is 4.84 Å². The quantitative estimate of drug-likeness (QED) is 0.277. The van der Waals surface area contributed by atoms with Crippen molar-refractivity contribution in [3.63, 3.8) is 0 Å². The lowest BCUT2D eigenvalue weighted by atomic mass is 10.0. The van der Waals surface area contributed by atoms with Gasteiger partial charge in [-0.1, -0.05) is 6.92 Å². The minimum absolute atomic E-state index is 0.182. The van der Waals surface area contributed by atoms with E-state index in [-0.39, 0.29) is 13.0 Å². The van der Waals surface area contributed by atoms with E-state index in [1.165, 1.54) is 0 Å². The zero-order chi connectivity index (χ0) is 11.9. The Morgan fingerprint density at radius 1 is 1.20 bits per heavy atom. The smallest absolute Gasteiger partial charge is 0.254 e. The molecule has 0 rings (SSSR count). The highest BCUT2D eigenvalue weighted by Crippen LogP contribution is 2.35. The maximum atomic E-state index is 12.9. The van der Waals surface area contributed by atoms with E-state index in [4.69, 9.17) is 0 Å². The van der Waals surface area contributed by atoms with Gasteiger partial charge in [0, 0.05) is 12.8 Å². The predicted molar refractivity (Wildman–Crippen MR) is 45.8 cm³/mol. The van der Waals surface area contributed by atoms with Gasteiger partial charge in [0.25, 0.3) is 11.8 Å². The first kappa shape index (κ1) is 14.1. The predicted octanol–water partition coefficient (Wildman–Crippen LogP) is 3.54. The Morgan fingerprint density at radius 2 is 1.80 bits per heavy atom. The van der Waals surface area contributed by atoms with Crippen molar-refractivity contribution in [2.75, 3.05) is 6.61 Å². The molecule has 0 aliphatic heterocycles. The molecule has 0 aromatic rings. The monoisotopic (exact) mass is 231 g/mol. The Hall–Kier alpha value is -0.880. The van der Waals surface area contributed by atoms with Crippen LogP contribution in [-0.4, -0.2) is 18.5 Å². The number of hydrogen-bond acceptors (Lipinski definition) is 3. The van der Waals surface area contributed by atoms with Gasteiger partial charge in [0.15, 0.2) is 5.34 Å². The van der Waals surface area contributed by atoms with E-state index in [1.54, 1.807) is 0 Å². The molecule has 0 bridgehead atoms. The van der Waals surface area contributed by atoms with Crippen molar-refractivity contribution in [3.8, 4) is 0 Å². The first-order valence-electron chi connectivity index (χ1n) is 4.53. The molecule has 3 nitrogen and oxygen atoms in total. The minimum atomic E-state index is -3.44. The van der Waals surface area contributed by atoms with Crippen LogP contribution in [0.3, 0.4) is 0 Å². The van der Waals surface area contributed by atoms with Gasteiger partial charge in [-0.05, 0) is 6.42 Å². The second-order valence-corrected chi connectivity index (χ2v) is 3.25. The highest BCUT2D eigenvalue weighted by molar-refractivity contribution is 4.76. The Labute approximate surface area is 84.7 Å². The average molecular weight is 231 g/mol. The third-order valence-corrected chi connectivity index (χ3v) is 1.87. The summed E-state index contributed by atoms with van der Waals surface area (Å²) in [6.45, 7) is 0.867. The summed E-state index contributed by atoms with van der Waals surface area (Å²) in [6, 6.07) is 0. The highest BCUT2D eigenvalue weighted by atomic mass is 19.3. The number of nitrogens with zero attached hydrogens (tertiary/aromatic N) is 1. The third kappa shape index (κ3) is 7.10. The molecule has 0 radical (unpaired) electrons. The summed E-state index contributed by atoms with van der Waals surface area (Å²) >= 11 is 0. The molecule has 90 valence electrons. The molecule has 0 saturated heterocycles. The zero-order valence-electron chi connectivity index (χ0n) is 8.31. The van der Waals surface area contributed by atoms with E-state index in [1.807, 2.05) is 5.34 Å². The largest absolute Gasteiger partial charge is 0.364 e. The van der Waals surface area contributed by atoms with E-state index < -0.39 is 31.1 Å². The molecule has 0 aliphatic rings. The van der Waals surface area contributed by atoms with Crippen LogP contribution >= 0.6 is 0 Å². The summed E-state index contributed by atoms with van der Waals surface area (Å²) in [5.41, 5.74) is 0. The van der Waals surface area contributed by atoms with Gasteiger partial charge in [-0.25, -0.2) is 17.6 Å². The van der Waals surface area contributed by atoms with Gasteiger partial charge in [0.2, 0.25) is 0 Å². The van der Waals surface area contributed by atoms with E-state index >= 15 is 0 Å². The lowest BCUT2D eigenvalue weighted by Gasteiger charge is -2.21. The second kappa shape index (κ2) is 5.87. The molecule has 15 heavy (non-hydrogen) atoms. The molecule has 0 spiro atoms. The van der Waals surface area contributed by atoms with Crippen LogP contribution in [-0.2, 0) is 4.84 Å². The maximum Gasteiger partial charge on any atom is 0.254 e. The van der Waals surface area contributed by atoms with E-state index in [0.717, 1.165) is 6.92 Å². The van der Waals surface area contributed by atoms with Crippen molar-refractivity contribution in [2.45, 2.75) is 44.5 Å². The van der Waals surface area contributed by atoms with Crippen LogP contribution in [0, 0.1) is 4.91 Å². The first-order valence-corrected chi connectivity index (χ1v) is 4.53. The maximum absolute atomic E-state index is 12.9. The fourth-order valence-electron chi connectivity index (χ4n) is 1.02. The molecular formula is C8H13F4NO2. The molecule has 0 heterocycles. The molecule has 0 amide bonds. The highest BCUT2D eigenvalue weighted by Gasteiger charge is 2.41. The Kier molecular flexibility index (Phi) is 5.53. The molecule has 0 aliphatic carbocycles. The standard InChI is InChI=1S/C8H13F4NO2/c1-2-7(9,10)6-8(11,12)4-3-5-15-13-14/h2-6H2,1H3. The number of rotatable bonds is 8. The average Bonchev–Trinajstić information content (AvgIpc) is 2.11. The zero-order valence-corrected chi connectivity index (χ0v) is 8.31. The lowest BCUT2D eigenvalue weighted by molar-refractivity contribution is -0.117. The van der Waals surface area contributed by atoms with E-state index in [0.29, 0.717) is 0 Å². The van der Waals surface area contributed by atoms with Crippen LogP contribution in [0.15, 0.2) is 5.34 Å². The fraction of sp³-hybridized carbons (Fsp3) is 1.00. The fourth-order valence-corrected chi connectivity index (χ4v) is 1.02. The molecule has 0 aromatic heterocycles. The summed E-state index contributed by atoms with van der Waals surface area (Å²) in [4.78, 5) is 13.4. The Bertz CT molecular complexity index is 199.